The number of amides is 1. The summed E-state index contributed by atoms with van der Waals surface area (Å²) in [4.78, 5) is 16.4. The largest absolute Gasteiger partial charge is 0.444 e. The fourth-order valence-electron chi connectivity index (χ4n) is 2.00. The Morgan fingerprint density at radius 2 is 2.05 bits per heavy atom. The highest BCUT2D eigenvalue weighted by Gasteiger charge is 2.20. The van der Waals surface area contributed by atoms with E-state index in [-0.39, 0.29) is 6.09 Å². The Morgan fingerprint density at radius 1 is 1.38 bits per heavy atom. The third kappa shape index (κ3) is 6.48. The molecule has 120 valence electrons. The molecule has 1 N–H and O–H groups in total. The standard InChI is InChI=1S/C16H28N2O2S/c1-7-18(15(19)20-16(4,5)6)9-8-17-11-14-10-12(2)21-13(14)3/h10,17H,7-9,11H2,1-6H3. The molecule has 0 aliphatic carbocycles. The molecule has 1 aromatic rings. The van der Waals surface area contributed by atoms with Gasteiger partial charge in [-0.1, -0.05) is 0 Å². The zero-order valence-corrected chi connectivity index (χ0v) is 14.9. The predicted molar refractivity (Wildman–Crippen MR) is 89.0 cm³/mol. The monoisotopic (exact) mass is 312 g/mol. The van der Waals surface area contributed by atoms with Crippen molar-refractivity contribution in [2.75, 3.05) is 19.6 Å². The van der Waals surface area contributed by atoms with Crippen LogP contribution >= 0.6 is 11.3 Å². The molecule has 0 atom stereocenters. The van der Waals surface area contributed by atoms with Crippen LogP contribution in [-0.2, 0) is 11.3 Å². The fraction of sp³-hybridized carbons (Fsp3) is 0.688. The minimum atomic E-state index is -0.441. The van der Waals surface area contributed by atoms with Crippen molar-refractivity contribution in [2.45, 2.75) is 53.7 Å². The number of nitrogens with zero attached hydrogens (tertiary/aromatic N) is 1. The average molecular weight is 312 g/mol. The van der Waals surface area contributed by atoms with Gasteiger partial charge in [0.05, 0.1) is 0 Å². The molecule has 0 spiro atoms. The molecule has 0 aromatic carbocycles. The van der Waals surface area contributed by atoms with Gasteiger partial charge >= 0.3 is 6.09 Å². The van der Waals surface area contributed by atoms with E-state index in [0.29, 0.717) is 13.1 Å². The average Bonchev–Trinajstić information content (AvgIpc) is 2.65. The van der Waals surface area contributed by atoms with Gasteiger partial charge in [0, 0.05) is 35.9 Å². The van der Waals surface area contributed by atoms with Crippen molar-refractivity contribution in [1.29, 1.82) is 0 Å². The van der Waals surface area contributed by atoms with Gasteiger partial charge in [0.1, 0.15) is 5.60 Å². The van der Waals surface area contributed by atoms with Crippen molar-refractivity contribution in [3.05, 3.63) is 21.4 Å². The Bertz CT molecular complexity index is 463. The lowest BCUT2D eigenvalue weighted by Gasteiger charge is -2.26. The van der Waals surface area contributed by atoms with Gasteiger partial charge in [-0.05, 0) is 53.2 Å². The molecule has 0 saturated heterocycles. The lowest BCUT2D eigenvalue weighted by molar-refractivity contribution is 0.0262. The molecule has 5 heteroatoms. The third-order valence-corrected chi connectivity index (χ3v) is 4.06. The zero-order chi connectivity index (χ0) is 16.0. The van der Waals surface area contributed by atoms with Gasteiger partial charge < -0.3 is 15.0 Å². The number of rotatable bonds is 6. The SMILES string of the molecule is CCN(CCNCc1cc(C)sc1C)C(=O)OC(C)(C)C. The molecule has 0 fully saturated rings. The van der Waals surface area contributed by atoms with Gasteiger partial charge in [0.25, 0.3) is 0 Å². The maximum atomic E-state index is 12.0. The molecular formula is C16H28N2O2S. The third-order valence-electron chi connectivity index (χ3n) is 3.05. The summed E-state index contributed by atoms with van der Waals surface area (Å²) in [5.41, 5.74) is 0.904. The predicted octanol–water partition coefficient (Wildman–Crippen LogP) is 3.71. The number of hydrogen-bond donors (Lipinski definition) is 1. The van der Waals surface area contributed by atoms with Crippen molar-refractivity contribution in [3.8, 4) is 0 Å². The van der Waals surface area contributed by atoms with Crippen LogP contribution in [0.25, 0.3) is 0 Å². The fourth-order valence-corrected chi connectivity index (χ4v) is 2.95. The maximum Gasteiger partial charge on any atom is 0.410 e. The molecule has 0 radical (unpaired) electrons. The van der Waals surface area contributed by atoms with E-state index in [9.17, 15) is 4.79 Å². The summed E-state index contributed by atoms with van der Waals surface area (Å²) in [7, 11) is 0. The van der Waals surface area contributed by atoms with Gasteiger partial charge in [-0.25, -0.2) is 4.79 Å². The van der Waals surface area contributed by atoms with E-state index < -0.39 is 5.60 Å². The number of ether oxygens (including phenoxy) is 1. The van der Waals surface area contributed by atoms with Crippen LogP contribution in [0.2, 0.25) is 0 Å². The molecule has 21 heavy (non-hydrogen) atoms. The van der Waals surface area contributed by atoms with E-state index >= 15 is 0 Å². The second-order valence-electron chi connectivity index (χ2n) is 6.18. The lowest BCUT2D eigenvalue weighted by Crippen LogP contribution is -2.40. The van der Waals surface area contributed by atoms with E-state index in [1.807, 2.05) is 39.0 Å². The summed E-state index contributed by atoms with van der Waals surface area (Å²) >= 11 is 1.82. The van der Waals surface area contributed by atoms with Crippen LogP contribution in [0.5, 0.6) is 0 Å². The van der Waals surface area contributed by atoms with Crippen molar-refractivity contribution < 1.29 is 9.53 Å². The number of carbonyl (C=O) groups excluding carboxylic acids is 1. The van der Waals surface area contributed by atoms with Crippen LogP contribution < -0.4 is 5.32 Å². The van der Waals surface area contributed by atoms with Crippen LogP contribution in [0.15, 0.2) is 6.07 Å². The van der Waals surface area contributed by atoms with Gasteiger partial charge in [-0.3, -0.25) is 0 Å². The molecule has 0 aliphatic heterocycles. The first-order valence-corrected chi connectivity index (χ1v) is 8.29. The van der Waals surface area contributed by atoms with Gasteiger partial charge in [0.2, 0.25) is 0 Å². The Hall–Kier alpha value is -1.07. The number of hydrogen-bond acceptors (Lipinski definition) is 4. The van der Waals surface area contributed by atoms with Crippen molar-refractivity contribution in [1.82, 2.24) is 10.2 Å². The van der Waals surface area contributed by atoms with E-state index in [4.69, 9.17) is 4.74 Å². The van der Waals surface area contributed by atoms with Crippen LogP contribution in [0.3, 0.4) is 0 Å². The number of carbonyl (C=O) groups is 1. The normalized spacial score (nSPS) is 11.5. The van der Waals surface area contributed by atoms with Gasteiger partial charge in [0.15, 0.2) is 0 Å². The highest BCUT2D eigenvalue weighted by atomic mass is 32.1. The molecule has 0 unspecified atom stereocenters. The molecule has 0 bridgehead atoms. The number of likely N-dealkylation sites (N-methyl/N-ethyl adjacent to an activating group) is 1. The summed E-state index contributed by atoms with van der Waals surface area (Å²) in [5, 5.41) is 3.40. The minimum Gasteiger partial charge on any atom is -0.444 e. The van der Waals surface area contributed by atoms with Crippen LogP contribution in [-0.4, -0.2) is 36.2 Å². The Kier molecular flexibility index (Phi) is 6.68. The number of aryl methyl sites for hydroxylation is 2. The second kappa shape index (κ2) is 7.80. The van der Waals surface area contributed by atoms with Crippen molar-refractivity contribution >= 4 is 17.4 Å². The lowest BCUT2D eigenvalue weighted by atomic mass is 10.2. The van der Waals surface area contributed by atoms with E-state index in [0.717, 1.165) is 13.1 Å². The summed E-state index contributed by atoms with van der Waals surface area (Å²) in [6.07, 6.45) is -0.241. The first-order valence-electron chi connectivity index (χ1n) is 7.47. The first-order chi connectivity index (χ1) is 9.73. The molecule has 0 saturated carbocycles. The van der Waals surface area contributed by atoms with Crippen LogP contribution in [0, 0.1) is 13.8 Å². The quantitative estimate of drug-likeness (QED) is 0.814. The molecule has 4 nitrogen and oxygen atoms in total. The van der Waals surface area contributed by atoms with E-state index in [2.05, 4.69) is 25.2 Å². The van der Waals surface area contributed by atoms with Crippen LogP contribution in [0.1, 0.15) is 43.0 Å². The van der Waals surface area contributed by atoms with Crippen LogP contribution in [0.4, 0.5) is 4.79 Å². The second-order valence-corrected chi connectivity index (χ2v) is 7.64. The summed E-state index contributed by atoms with van der Waals surface area (Å²) in [5.74, 6) is 0. The summed E-state index contributed by atoms with van der Waals surface area (Å²) in [6, 6.07) is 2.22. The highest BCUT2D eigenvalue weighted by Crippen LogP contribution is 2.20. The summed E-state index contributed by atoms with van der Waals surface area (Å²) in [6.45, 7) is 14.8. The minimum absolute atomic E-state index is 0.241. The highest BCUT2D eigenvalue weighted by molar-refractivity contribution is 7.12. The Balaban J connectivity index is 2.35. The summed E-state index contributed by atoms with van der Waals surface area (Å²) < 4.78 is 5.39. The van der Waals surface area contributed by atoms with Crippen molar-refractivity contribution in [3.63, 3.8) is 0 Å². The Morgan fingerprint density at radius 3 is 2.52 bits per heavy atom. The number of nitrogens with one attached hydrogen (secondary N) is 1. The van der Waals surface area contributed by atoms with Crippen molar-refractivity contribution in [2.24, 2.45) is 0 Å². The van der Waals surface area contributed by atoms with Gasteiger partial charge in [-0.15, -0.1) is 11.3 Å². The zero-order valence-electron chi connectivity index (χ0n) is 14.1. The van der Waals surface area contributed by atoms with E-state index in [1.165, 1.54) is 15.3 Å². The first kappa shape index (κ1) is 18.0. The smallest absolute Gasteiger partial charge is 0.410 e. The molecule has 1 amide bonds. The topological polar surface area (TPSA) is 41.6 Å². The molecule has 0 aliphatic rings. The molecule has 1 heterocycles. The molecular weight excluding hydrogens is 284 g/mol. The number of thiophene rings is 1. The molecule has 1 rings (SSSR count). The molecule has 1 aromatic heterocycles. The Labute approximate surface area is 132 Å². The maximum absolute atomic E-state index is 12.0. The van der Waals surface area contributed by atoms with Gasteiger partial charge in [-0.2, -0.15) is 0 Å². The van der Waals surface area contributed by atoms with E-state index in [1.54, 1.807) is 4.90 Å².